The summed E-state index contributed by atoms with van der Waals surface area (Å²) in [5.74, 6) is -0.987. The summed E-state index contributed by atoms with van der Waals surface area (Å²) in [6, 6.07) is 7.15. The predicted molar refractivity (Wildman–Crippen MR) is 112 cm³/mol. The standard InChI is InChI=1S/C20H24F2N3O3P/c1-4-24-19(26)23-17(12-14-7-9-15(28-3)10-8-14)25(20(24)27)11-5-6-16(21)18(22)13(2)29/h6-10H,4-5,11-12,29H2,1-3H3/b16-6+,18-13-. The fourth-order valence-electron chi connectivity index (χ4n) is 2.72. The van der Waals surface area contributed by atoms with Crippen molar-refractivity contribution < 1.29 is 13.5 Å². The van der Waals surface area contributed by atoms with E-state index in [-0.39, 0.29) is 37.1 Å². The lowest BCUT2D eigenvalue weighted by molar-refractivity contribution is 0.414. The Hall–Kier alpha value is -2.60. The van der Waals surface area contributed by atoms with E-state index in [0.29, 0.717) is 5.75 Å². The highest BCUT2D eigenvalue weighted by Gasteiger charge is 2.13. The quantitative estimate of drug-likeness (QED) is 0.483. The van der Waals surface area contributed by atoms with Crippen LogP contribution < -0.4 is 16.1 Å². The molecule has 29 heavy (non-hydrogen) atoms. The molecule has 0 radical (unpaired) electrons. The molecule has 0 aliphatic heterocycles. The van der Waals surface area contributed by atoms with E-state index in [0.717, 1.165) is 16.2 Å². The molecule has 2 aromatic rings. The van der Waals surface area contributed by atoms with Crippen molar-refractivity contribution in [1.82, 2.24) is 14.1 Å². The van der Waals surface area contributed by atoms with Crippen LogP contribution in [0.4, 0.5) is 8.78 Å². The second kappa shape index (κ2) is 10.3. The van der Waals surface area contributed by atoms with Crippen LogP contribution in [0.1, 0.15) is 31.7 Å². The first-order chi connectivity index (χ1) is 13.8. The number of halogens is 2. The summed E-state index contributed by atoms with van der Waals surface area (Å²) in [6.45, 7) is 3.33. The molecule has 0 spiro atoms. The molecule has 156 valence electrons. The van der Waals surface area contributed by atoms with Crippen molar-refractivity contribution in [2.75, 3.05) is 7.11 Å². The molecular weight excluding hydrogens is 399 g/mol. The van der Waals surface area contributed by atoms with Crippen molar-refractivity contribution in [3.8, 4) is 5.75 Å². The molecule has 6 nitrogen and oxygen atoms in total. The van der Waals surface area contributed by atoms with E-state index in [1.807, 2.05) is 12.1 Å². The summed E-state index contributed by atoms with van der Waals surface area (Å²) in [4.78, 5) is 28.9. The lowest BCUT2D eigenvalue weighted by Gasteiger charge is -2.13. The number of hydrogen-bond donors (Lipinski definition) is 0. The predicted octanol–water partition coefficient (Wildman–Crippen LogP) is 3.34. The van der Waals surface area contributed by atoms with E-state index >= 15 is 0 Å². The second-order valence-corrected chi connectivity index (χ2v) is 7.22. The molecule has 1 unspecified atom stereocenters. The Balaban J connectivity index is 2.38. The number of hydrogen-bond acceptors (Lipinski definition) is 4. The smallest absolute Gasteiger partial charge is 0.353 e. The normalized spacial score (nSPS) is 12.7. The van der Waals surface area contributed by atoms with Crippen molar-refractivity contribution in [3.63, 3.8) is 0 Å². The van der Waals surface area contributed by atoms with Gasteiger partial charge in [0, 0.05) is 19.5 Å². The van der Waals surface area contributed by atoms with E-state index in [4.69, 9.17) is 4.74 Å². The topological polar surface area (TPSA) is 66.1 Å². The van der Waals surface area contributed by atoms with E-state index in [2.05, 4.69) is 14.2 Å². The van der Waals surface area contributed by atoms with Crippen LogP contribution >= 0.6 is 9.24 Å². The van der Waals surface area contributed by atoms with Crippen LogP contribution in [0, 0.1) is 0 Å². The Morgan fingerprint density at radius 3 is 2.41 bits per heavy atom. The Kier molecular flexibility index (Phi) is 8.02. The van der Waals surface area contributed by atoms with Gasteiger partial charge in [-0.1, -0.05) is 12.1 Å². The number of methoxy groups -OCH3 is 1. The third-order valence-electron chi connectivity index (χ3n) is 4.30. The molecule has 0 aliphatic carbocycles. The molecular formula is C20H24F2N3O3P. The Morgan fingerprint density at radius 1 is 1.21 bits per heavy atom. The SMILES string of the molecule is CCn1c(=O)nc(Cc2ccc(OC)cc2)n(CC/C=C(F)\C(F)=C(/C)P)c1=O. The number of aromatic nitrogens is 3. The third-order valence-corrected chi connectivity index (χ3v) is 4.55. The van der Waals surface area contributed by atoms with Crippen LogP contribution in [0.5, 0.6) is 5.75 Å². The van der Waals surface area contributed by atoms with Gasteiger partial charge in [0.2, 0.25) is 0 Å². The molecule has 0 amide bonds. The molecule has 0 fully saturated rings. The lowest BCUT2D eigenvalue weighted by Crippen LogP contribution is -2.43. The number of ether oxygens (including phenoxy) is 1. The van der Waals surface area contributed by atoms with Crippen LogP contribution in [0.15, 0.2) is 56.9 Å². The average Bonchev–Trinajstić information content (AvgIpc) is 2.70. The van der Waals surface area contributed by atoms with Crippen molar-refractivity contribution in [2.24, 2.45) is 0 Å². The molecule has 0 aliphatic rings. The summed E-state index contributed by atoms with van der Waals surface area (Å²) >= 11 is 0. The van der Waals surface area contributed by atoms with Gasteiger partial charge in [0.05, 0.1) is 7.11 Å². The zero-order chi connectivity index (χ0) is 21.6. The molecule has 2 rings (SSSR count). The first-order valence-corrected chi connectivity index (χ1v) is 9.67. The summed E-state index contributed by atoms with van der Waals surface area (Å²) in [6.07, 6.45) is 1.38. The van der Waals surface area contributed by atoms with Gasteiger partial charge in [-0.25, -0.2) is 22.9 Å². The van der Waals surface area contributed by atoms with Crippen molar-refractivity contribution in [2.45, 2.75) is 39.8 Å². The van der Waals surface area contributed by atoms with Gasteiger partial charge in [0.15, 0.2) is 11.7 Å². The van der Waals surface area contributed by atoms with Crippen LogP contribution in [-0.2, 0) is 19.5 Å². The Bertz CT molecular complexity index is 1040. The molecule has 0 saturated heterocycles. The fourth-order valence-corrected chi connectivity index (χ4v) is 2.86. The van der Waals surface area contributed by atoms with Gasteiger partial charge in [0.25, 0.3) is 0 Å². The van der Waals surface area contributed by atoms with E-state index in [1.165, 1.54) is 11.5 Å². The summed E-state index contributed by atoms with van der Waals surface area (Å²) in [5.41, 5.74) is -0.330. The zero-order valence-corrected chi connectivity index (χ0v) is 17.8. The molecule has 1 aromatic carbocycles. The van der Waals surface area contributed by atoms with Gasteiger partial charge < -0.3 is 4.74 Å². The largest absolute Gasteiger partial charge is 0.497 e. The molecule has 1 heterocycles. The van der Waals surface area contributed by atoms with Gasteiger partial charge in [-0.2, -0.15) is 4.98 Å². The second-order valence-electron chi connectivity index (χ2n) is 6.35. The first kappa shape index (κ1) is 22.7. The molecule has 1 atom stereocenters. The molecule has 1 aromatic heterocycles. The van der Waals surface area contributed by atoms with Gasteiger partial charge >= 0.3 is 11.4 Å². The van der Waals surface area contributed by atoms with Gasteiger partial charge in [-0.3, -0.25) is 4.57 Å². The minimum absolute atomic E-state index is 0.0637. The highest BCUT2D eigenvalue weighted by Crippen LogP contribution is 2.22. The first-order valence-electron chi connectivity index (χ1n) is 9.09. The highest BCUT2D eigenvalue weighted by atomic mass is 31.0. The summed E-state index contributed by atoms with van der Waals surface area (Å²) in [7, 11) is 3.66. The minimum atomic E-state index is -0.987. The van der Waals surface area contributed by atoms with Crippen LogP contribution in [0.25, 0.3) is 0 Å². The summed E-state index contributed by atoms with van der Waals surface area (Å²) < 4.78 is 34.9. The maximum Gasteiger partial charge on any atom is 0.353 e. The highest BCUT2D eigenvalue weighted by molar-refractivity contribution is 7.22. The van der Waals surface area contributed by atoms with E-state index in [9.17, 15) is 18.4 Å². The third kappa shape index (κ3) is 5.70. The van der Waals surface area contributed by atoms with E-state index < -0.39 is 23.0 Å². The number of rotatable bonds is 8. The van der Waals surface area contributed by atoms with Crippen LogP contribution in [-0.4, -0.2) is 21.2 Å². The van der Waals surface area contributed by atoms with Crippen molar-refractivity contribution in [1.29, 1.82) is 0 Å². The van der Waals surface area contributed by atoms with E-state index in [1.54, 1.807) is 26.2 Å². The van der Waals surface area contributed by atoms with Gasteiger partial charge in [-0.15, -0.1) is 9.24 Å². The minimum Gasteiger partial charge on any atom is -0.497 e. The average molecular weight is 423 g/mol. The maximum atomic E-state index is 13.8. The van der Waals surface area contributed by atoms with Crippen LogP contribution in [0.2, 0.25) is 0 Å². The molecule has 0 saturated carbocycles. The molecule has 0 N–H and O–H groups in total. The van der Waals surface area contributed by atoms with Crippen molar-refractivity contribution in [3.05, 3.63) is 79.7 Å². The van der Waals surface area contributed by atoms with Gasteiger partial charge in [-0.05, 0) is 49.4 Å². The van der Waals surface area contributed by atoms with Crippen molar-refractivity contribution >= 4 is 9.24 Å². The zero-order valence-electron chi connectivity index (χ0n) is 16.6. The number of allylic oxidation sites excluding steroid dienone is 4. The number of benzene rings is 1. The lowest BCUT2D eigenvalue weighted by atomic mass is 10.1. The monoisotopic (exact) mass is 423 g/mol. The molecule has 9 heteroatoms. The van der Waals surface area contributed by atoms with Crippen LogP contribution in [0.3, 0.4) is 0 Å². The molecule has 0 bridgehead atoms. The van der Waals surface area contributed by atoms with Gasteiger partial charge in [0.1, 0.15) is 11.6 Å². The summed E-state index contributed by atoms with van der Waals surface area (Å²) in [5, 5.41) is 0.150. The Morgan fingerprint density at radius 2 is 1.86 bits per heavy atom. The Labute approximate surface area is 169 Å². The number of nitrogens with zero attached hydrogens (tertiary/aromatic N) is 3. The fraction of sp³-hybridized carbons (Fsp3) is 0.350. The maximum absolute atomic E-state index is 13.8.